The van der Waals surface area contributed by atoms with Crippen molar-refractivity contribution in [2.24, 2.45) is 0 Å². The van der Waals surface area contributed by atoms with Crippen molar-refractivity contribution in [1.82, 2.24) is 4.90 Å². The average molecular weight is 129 g/mol. The number of ether oxygens (including phenoxy) is 1. The molecule has 9 heavy (non-hydrogen) atoms. The van der Waals surface area contributed by atoms with E-state index in [9.17, 15) is 0 Å². The Morgan fingerprint density at radius 3 is 3.11 bits per heavy atom. The number of nitrogens with zero attached hydrogens (tertiary/aromatic N) is 1. The van der Waals surface area contributed by atoms with Gasteiger partial charge < -0.3 is 4.74 Å². The van der Waals surface area contributed by atoms with Crippen molar-refractivity contribution in [3.63, 3.8) is 0 Å². The van der Waals surface area contributed by atoms with Crippen LogP contribution >= 0.6 is 0 Å². The van der Waals surface area contributed by atoms with Gasteiger partial charge in [0.05, 0.1) is 12.8 Å². The normalized spacial score (nSPS) is 32.0. The molecule has 0 bridgehead atoms. The molecule has 0 aromatic heterocycles. The largest absolute Gasteiger partial charge is 0.363 e. The van der Waals surface area contributed by atoms with Crippen LogP contribution in [0.15, 0.2) is 0 Å². The van der Waals surface area contributed by atoms with E-state index in [1.807, 2.05) is 0 Å². The molecule has 1 atom stereocenters. The van der Waals surface area contributed by atoms with Crippen molar-refractivity contribution in [3.05, 3.63) is 0 Å². The monoisotopic (exact) mass is 129 g/mol. The van der Waals surface area contributed by atoms with Gasteiger partial charge in [-0.25, -0.2) is 0 Å². The average Bonchev–Trinajstić information content (AvgIpc) is 1.97. The van der Waals surface area contributed by atoms with Gasteiger partial charge in [-0.3, -0.25) is 4.90 Å². The first-order valence-electron chi connectivity index (χ1n) is 3.59. The van der Waals surface area contributed by atoms with E-state index in [1.54, 1.807) is 0 Å². The molecule has 0 aliphatic carbocycles. The molecule has 1 aliphatic heterocycles. The summed E-state index contributed by atoms with van der Waals surface area (Å²) in [4.78, 5) is 2.21. The minimum atomic E-state index is 0.468. The summed E-state index contributed by atoms with van der Waals surface area (Å²) in [6.45, 7) is 4.13. The number of hydrogen-bond donors (Lipinski definition) is 0. The van der Waals surface area contributed by atoms with Crippen LogP contribution in [0.1, 0.15) is 19.8 Å². The smallest absolute Gasteiger partial charge is 0.0991 e. The van der Waals surface area contributed by atoms with Gasteiger partial charge in [-0.05, 0) is 26.8 Å². The third kappa shape index (κ3) is 2.33. The Balaban J connectivity index is 2.25. The lowest BCUT2D eigenvalue weighted by Crippen LogP contribution is -2.20. The predicted octanol–water partition coefficient (Wildman–Crippen LogP) is 1.07. The van der Waals surface area contributed by atoms with Gasteiger partial charge in [-0.1, -0.05) is 0 Å². The molecule has 0 radical (unpaired) electrons. The van der Waals surface area contributed by atoms with E-state index in [-0.39, 0.29) is 0 Å². The van der Waals surface area contributed by atoms with Crippen molar-refractivity contribution in [2.45, 2.75) is 25.9 Å². The van der Waals surface area contributed by atoms with Gasteiger partial charge in [0.2, 0.25) is 0 Å². The first kappa shape index (κ1) is 7.03. The third-order valence-electron chi connectivity index (χ3n) is 1.73. The van der Waals surface area contributed by atoms with Crippen LogP contribution in [0.2, 0.25) is 0 Å². The van der Waals surface area contributed by atoms with Crippen molar-refractivity contribution in [2.75, 3.05) is 20.3 Å². The fourth-order valence-electron chi connectivity index (χ4n) is 1.05. The first-order valence-corrected chi connectivity index (χ1v) is 3.59. The van der Waals surface area contributed by atoms with Crippen molar-refractivity contribution < 1.29 is 4.74 Å². The van der Waals surface area contributed by atoms with E-state index in [1.165, 1.54) is 19.4 Å². The maximum atomic E-state index is 5.44. The van der Waals surface area contributed by atoms with Gasteiger partial charge >= 0.3 is 0 Å². The van der Waals surface area contributed by atoms with Crippen LogP contribution in [0.25, 0.3) is 0 Å². The molecule has 2 heteroatoms. The molecule has 1 saturated heterocycles. The third-order valence-corrected chi connectivity index (χ3v) is 1.73. The van der Waals surface area contributed by atoms with Crippen molar-refractivity contribution in [1.29, 1.82) is 0 Å². The summed E-state index contributed by atoms with van der Waals surface area (Å²) in [6, 6.07) is 0. The zero-order chi connectivity index (χ0) is 6.69. The van der Waals surface area contributed by atoms with Gasteiger partial charge in [0.25, 0.3) is 0 Å². The van der Waals surface area contributed by atoms with Crippen molar-refractivity contribution in [3.8, 4) is 0 Å². The summed E-state index contributed by atoms with van der Waals surface area (Å²) in [5, 5.41) is 0. The number of hydrogen-bond acceptors (Lipinski definition) is 2. The predicted molar refractivity (Wildman–Crippen MR) is 37.3 cm³/mol. The Kier molecular flexibility index (Phi) is 2.49. The Hall–Kier alpha value is -0.0800. The molecule has 54 valence electrons. The van der Waals surface area contributed by atoms with Crippen LogP contribution in [-0.4, -0.2) is 31.3 Å². The molecule has 0 spiro atoms. The van der Waals surface area contributed by atoms with Crippen LogP contribution in [0, 0.1) is 0 Å². The van der Waals surface area contributed by atoms with Gasteiger partial charge in [-0.2, -0.15) is 0 Å². The summed E-state index contributed by atoms with van der Waals surface area (Å²) in [7, 11) is 2.10. The first-order chi connectivity index (χ1) is 4.29. The van der Waals surface area contributed by atoms with Crippen LogP contribution in [0.5, 0.6) is 0 Å². The number of rotatable bonds is 0. The van der Waals surface area contributed by atoms with E-state index >= 15 is 0 Å². The fourth-order valence-corrected chi connectivity index (χ4v) is 1.05. The lowest BCUT2D eigenvalue weighted by molar-refractivity contribution is 0.0149. The van der Waals surface area contributed by atoms with E-state index in [0.29, 0.717) is 6.10 Å². The van der Waals surface area contributed by atoms with Crippen LogP contribution in [-0.2, 0) is 4.74 Å². The van der Waals surface area contributed by atoms with Gasteiger partial charge in [0, 0.05) is 6.54 Å². The Morgan fingerprint density at radius 1 is 1.56 bits per heavy atom. The van der Waals surface area contributed by atoms with E-state index < -0.39 is 0 Å². The van der Waals surface area contributed by atoms with Crippen LogP contribution < -0.4 is 0 Å². The summed E-state index contributed by atoms with van der Waals surface area (Å²) in [5.41, 5.74) is 0. The maximum Gasteiger partial charge on any atom is 0.0991 e. The molecule has 1 unspecified atom stereocenters. The zero-order valence-electron chi connectivity index (χ0n) is 6.26. The van der Waals surface area contributed by atoms with E-state index in [2.05, 4.69) is 18.9 Å². The lowest BCUT2D eigenvalue weighted by atomic mass is 10.2. The van der Waals surface area contributed by atoms with E-state index in [0.717, 1.165) is 6.73 Å². The van der Waals surface area contributed by atoms with Crippen LogP contribution in [0.4, 0.5) is 0 Å². The Morgan fingerprint density at radius 2 is 2.33 bits per heavy atom. The highest BCUT2D eigenvalue weighted by atomic mass is 16.5. The van der Waals surface area contributed by atoms with E-state index in [4.69, 9.17) is 4.74 Å². The second-order valence-electron chi connectivity index (χ2n) is 2.83. The molecule has 0 N–H and O–H groups in total. The molecule has 0 aromatic rings. The quantitative estimate of drug-likeness (QED) is 0.485. The maximum absolute atomic E-state index is 5.44. The minimum absolute atomic E-state index is 0.468. The molecule has 1 heterocycles. The highest BCUT2D eigenvalue weighted by Crippen LogP contribution is 2.07. The highest BCUT2D eigenvalue weighted by Gasteiger charge is 2.09. The summed E-state index contributed by atoms with van der Waals surface area (Å²) >= 11 is 0. The van der Waals surface area contributed by atoms with Gasteiger partial charge in [0.1, 0.15) is 0 Å². The second kappa shape index (κ2) is 3.18. The molecule has 2 nitrogen and oxygen atoms in total. The molecular weight excluding hydrogens is 114 g/mol. The Bertz CT molecular complexity index is 75.0. The fraction of sp³-hybridized carbons (Fsp3) is 1.00. The topological polar surface area (TPSA) is 12.5 Å². The minimum Gasteiger partial charge on any atom is -0.363 e. The van der Waals surface area contributed by atoms with Crippen LogP contribution in [0.3, 0.4) is 0 Å². The molecule has 1 rings (SSSR count). The standard InChI is InChI=1S/C7H15NO/c1-7-4-3-5-8(2)6-9-7/h7H,3-6H2,1-2H3. The zero-order valence-corrected chi connectivity index (χ0v) is 6.26. The summed E-state index contributed by atoms with van der Waals surface area (Å²) in [5.74, 6) is 0. The molecule has 1 fully saturated rings. The lowest BCUT2D eigenvalue weighted by Gasteiger charge is -2.12. The summed E-state index contributed by atoms with van der Waals surface area (Å²) < 4.78 is 5.44. The molecule has 0 amide bonds. The molecule has 0 aromatic carbocycles. The molecular formula is C7H15NO. The molecule has 1 aliphatic rings. The Labute approximate surface area is 56.8 Å². The molecule has 0 saturated carbocycles. The van der Waals surface area contributed by atoms with Gasteiger partial charge in [-0.15, -0.1) is 0 Å². The summed E-state index contributed by atoms with van der Waals surface area (Å²) in [6.07, 6.45) is 2.96. The van der Waals surface area contributed by atoms with Crippen molar-refractivity contribution >= 4 is 0 Å². The highest BCUT2D eigenvalue weighted by molar-refractivity contribution is 4.57. The van der Waals surface area contributed by atoms with Gasteiger partial charge in [0.15, 0.2) is 0 Å². The second-order valence-corrected chi connectivity index (χ2v) is 2.83. The SMILES string of the molecule is CC1CCCN(C)CO1.